The van der Waals surface area contributed by atoms with E-state index in [4.69, 9.17) is 0 Å². The number of likely N-dealkylation sites (N-methyl/N-ethyl adjacent to an activating group) is 1. The molecule has 126 valence electrons. The molecule has 2 heterocycles. The van der Waals surface area contributed by atoms with Crippen molar-refractivity contribution < 1.29 is 4.79 Å². The smallest absolute Gasteiger partial charge is 0.253 e. The fourth-order valence-corrected chi connectivity index (χ4v) is 3.32. The normalized spacial score (nSPS) is 23.9. The molecule has 2 aliphatic rings. The van der Waals surface area contributed by atoms with Crippen molar-refractivity contribution >= 4 is 5.91 Å². The number of hydrogen-bond acceptors (Lipinski definition) is 4. The molecule has 0 aromatic heterocycles. The molecule has 1 amide bonds. The minimum Gasteiger partial charge on any atom is -0.336 e. The first-order valence-electron chi connectivity index (χ1n) is 8.64. The van der Waals surface area contributed by atoms with E-state index in [2.05, 4.69) is 41.2 Å². The Kier molecular flexibility index (Phi) is 5.30. The molecular weight excluding hydrogens is 288 g/mol. The van der Waals surface area contributed by atoms with Crippen LogP contribution in [0.2, 0.25) is 0 Å². The molecule has 2 saturated heterocycles. The fourth-order valence-electron chi connectivity index (χ4n) is 3.32. The van der Waals surface area contributed by atoms with Crippen molar-refractivity contribution in [3.05, 3.63) is 35.4 Å². The highest BCUT2D eigenvalue weighted by molar-refractivity contribution is 5.94. The van der Waals surface area contributed by atoms with Crippen LogP contribution in [0.4, 0.5) is 0 Å². The zero-order chi connectivity index (χ0) is 16.2. The summed E-state index contributed by atoms with van der Waals surface area (Å²) in [6.45, 7) is 10.1. The second-order valence-corrected chi connectivity index (χ2v) is 6.88. The van der Waals surface area contributed by atoms with E-state index in [0.717, 1.165) is 57.9 Å². The Labute approximate surface area is 139 Å². The van der Waals surface area contributed by atoms with Crippen molar-refractivity contribution in [2.24, 2.45) is 0 Å². The van der Waals surface area contributed by atoms with Gasteiger partial charge in [0.2, 0.25) is 0 Å². The summed E-state index contributed by atoms with van der Waals surface area (Å²) in [6, 6.07) is 8.57. The second-order valence-electron chi connectivity index (χ2n) is 6.88. The molecule has 3 rings (SSSR count). The van der Waals surface area contributed by atoms with Gasteiger partial charge in [0.15, 0.2) is 0 Å². The van der Waals surface area contributed by atoms with Crippen LogP contribution in [0.1, 0.15) is 22.8 Å². The molecule has 1 unspecified atom stereocenters. The summed E-state index contributed by atoms with van der Waals surface area (Å²) in [5, 5.41) is 3.37. The van der Waals surface area contributed by atoms with Crippen molar-refractivity contribution in [3.63, 3.8) is 0 Å². The van der Waals surface area contributed by atoms with Crippen LogP contribution < -0.4 is 5.32 Å². The SMILES string of the molecule is CC1CN(C(=O)c2ccc(CN3CCN(C)CC3)cc2)CCN1. The molecule has 2 fully saturated rings. The third-order valence-electron chi connectivity index (χ3n) is 4.86. The maximum absolute atomic E-state index is 12.6. The van der Waals surface area contributed by atoms with Crippen LogP contribution in [0.5, 0.6) is 0 Å². The molecular formula is C18H28N4O. The lowest BCUT2D eigenvalue weighted by Gasteiger charge is -2.32. The average molecular weight is 316 g/mol. The first-order valence-corrected chi connectivity index (χ1v) is 8.64. The van der Waals surface area contributed by atoms with E-state index in [1.54, 1.807) is 0 Å². The number of nitrogens with one attached hydrogen (secondary N) is 1. The van der Waals surface area contributed by atoms with E-state index in [1.165, 1.54) is 5.56 Å². The number of carbonyl (C=O) groups excluding carboxylic acids is 1. The Bertz CT molecular complexity index is 522. The first-order chi connectivity index (χ1) is 11.1. The highest BCUT2D eigenvalue weighted by Gasteiger charge is 2.21. The molecule has 0 bridgehead atoms. The van der Waals surface area contributed by atoms with Gasteiger partial charge in [-0.3, -0.25) is 9.69 Å². The minimum absolute atomic E-state index is 0.157. The maximum Gasteiger partial charge on any atom is 0.253 e. The van der Waals surface area contributed by atoms with E-state index in [1.807, 2.05) is 17.0 Å². The molecule has 5 nitrogen and oxygen atoms in total. The highest BCUT2D eigenvalue weighted by atomic mass is 16.2. The minimum atomic E-state index is 0.157. The van der Waals surface area contributed by atoms with Crippen LogP contribution in [0, 0.1) is 0 Å². The Morgan fingerprint density at radius 2 is 1.83 bits per heavy atom. The van der Waals surface area contributed by atoms with Gasteiger partial charge in [-0.25, -0.2) is 0 Å². The van der Waals surface area contributed by atoms with Crippen molar-refractivity contribution in [3.8, 4) is 0 Å². The third-order valence-corrected chi connectivity index (χ3v) is 4.86. The molecule has 23 heavy (non-hydrogen) atoms. The van der Waals surface area contributed by atoms with Gasteiger partial charge in [0.25, 0.3) is 5.91 Å². The van der Waals surface area contributed by atoms with E-state index < -0.39 is 0 Å². The lowest BCUT2D eigenvalue weighted by molar-refractivity contribution is 0.0709. The van der Waals surface area contributed by atoms with Crippen molar-refractivity contribution in [2.45, 2.75) is 19.5 Å². The lowest BCUT2D eigenvalue weighted by Crippen LogP contribution is -2.51. The standard InChI is InChI=1S/C18H28N4O/c1-15-13-22(8-7-19-15)18(23)17-5-3-16(4-6-17)14-21-11-9-20(2)10-12-21/h3-6,15,19H,7-14H2,1-2H3. The zero-order valence-corrected chi connectivity index (χ0v) is 14.3. The number of piperazine rings is 2. The van der Waals surface area contributed by atoms with Crippen molar-refractivity contribution in [2.75, 3.05) is 52.9 Å². The number of benzene rings is 1. The van der Waals surface area contributed by atoms with Crippen LogP contribution in [-0.2, 0) is 6.54 Å². The summed E-state index contributed by atoms with van der Waals surface area (Å²) < 4.78 is 0. The molecule has 1 aromatic rings. The summed E-state index contributed by atoms with van der Waals surface area (Å²) in [4.78, 5) is 19.4. The quantitative estimate of drug-likeness (QED) is 0.898. The zero-order valence-electron chi connectivity index (χ0n) is 14.3. The van der Waals surface area contributed by atoms with Gasteiger partial charge in [-0.05, 0) is 31.7 Å². The number of amides is 1. The van der Waals surface area contributed by atoms with E-state index in [9.17, 15) is 4.79 Å². The molecule has 5 heteroatoms. The predicted octanol–water partition coefficient (Wildman–Crippen LogP) is 0.868. The van der Waals surface area contributed by atoms with Crippen LogP contribution in [0.15, 0.2) is 24.3 Å². The van der Waals surface area contributed by atoms with Gasteiger partial charge in [-0.1, -0.05) is 12.1 Å². The van der Waals surface area contributed by atoms with Crippen molar-refractivity contribution in [1.29, 1.82) is 0 Å². The first kappa shape index (κ1) is 16.4. The Balaban J connectivity index is 1.57. The summed E-state index contributed by atoms with van der Waals surface area (Å²) >= 11 is 0. The van der Waals surface area contributed by atoms with Gasteiger partial charge in [-0.2, -0.15) is 0 Å². The summed E-state index contributed by atoms with van der Waals surface area (Å²) in [5.74, 6) is 0.157. The van der Waals surface area contributed by atoms with E-state index in [0.29, 0.717) is 6.04 Å². The number of hydrogen-bond donors (Lipinski definition) is 1. The average Bonchev–Trinajstić information content (AvgIpc) is 2.57. The molecule has 2 aliphatic heterocycles. The third kappa shape index (κ3) is 4.31. The summed E-state index contributed by atoms with van der Waals surface area (Å²) in [7, 11) is 2.18. The van der Waals surface area contributed by atoms with Crippen LogP contribution in [-0.4, -0.2) is 79.5 Å². The Morgan fingerprint density at radius 3 is 2.48 bits per heavy atom. The molecule has 1 aromatic carbocycles. The molecule has 0 aliphatic carbocycles. The predicted molar refractivity (Wildman–Crippen MR) is 92.6 cm³/mol. The maximum atomic E-state index is 12.6. The monoisotopic (exact) mass is 316 g/mol. The molecule has 0 saturated carbocycles. The Hall–Kier alpha value is -1.43. The molecule has 1 atom stereocenters. The lowest BCUT2D eigenvalue weighted by atomic mass is 10.1. The largest absolute Gasteiger partial charge is 0.336 e. The van der Waals surface area contributed by atoms with Crippen LogP contribution in [0.25, 0.3) is 0 Å². The van der Waals surface area contributed by atoms with Gasteiger partial charge in [-0.15, -0.1) is 0 Å². The van der Waals surface area contributed by atoms with Gasteiger partial charge in [0, 0.05) is 64.0 Å². The van der Waals surface area contributed by atoms with Crippen LogP contribution >= 0.6 is 0 Å². The van der Waals surface area contributed by atoms with Gasteiger partial charge < -0.3 is 15.1 Å². The topological polar surface area (TPSA) is 38.8 Å². The number of nitrogens with zero attached hydrogens (tertiary/aromatic N) is 3. The van der Waals surface area contributed by atoms with Gasteiger partial charge in [0.05, 0.1) is 0 Å². The molecule has 1 N–H and O–H groups in total. The molecule has 0 spiro atoms. The van der Waals surface area contributed by atoms with Gasteiger partial charge >= 0.3 is 0 Å². The number of rotatable bonds is 3. The highest BCUT2D eigenvalue weighted by Crippen LogP contribution is 2.12. The van der Waals surface area contributed by atoms with Crippen molar-refractivity contribution in [1.82, 2.24) is 20.0 Å². The van der Waals surface area contributed by atoms with E-state index >= 15 is 0 Å². The fraction of sp³-hybridized carbons (Fsp3) is 0.611. The number of carbonyl (C=O) groups is 1. The Morgan fingerprint density at radius 1 is 1.13 bits per heavy atom. The summed E-state index contributed by atoms with van der Waals surface area (Å²) in [5.41, 5.74) is 2.10. The summed E-state index contributed by atoms with van der Waals surface area (Å²) in [6.07, 6.45) is 0. The van der Waals surface area contributed by atoms with Crippen LogP contribution in [0.3, 0.4) is 0 Å². The second kappa shape index (κ2) is 7.43. The van der Waals surface area contributed by atoms with E-state index in [-0.39, 0.29) is 5.91 Å². The molecule has 0 radical (unpaired) electrons. The van der Waals surface area contributed by atoms with Gasteiger partial charge in [0.1, 0.15) is 0 Å².